The highest BCUT2D eigenvalue weighted by atomic mass is 16.3. The molecule has 25 heavy (non-hydrogen) atoms. The van der Waals surface area contributed by atoms with Crippen molar-refractivity contribution in [1.29, 1.82) is 0 Å². The number of carbonyl (C=O) groups excluding carboxylic acids is 1. The average molecular weight is 337 g/mol. The molecule has 1 unspecified atom stereocenters. The van der Waals surface area contributed by atoms with Gasteiger partial charge in [0.05, 0.1) is 17.1 Å². The number of para-hydroxylation sites is 2. The molecule has 0 aliphatic carbocycles. The standard InChI is InChI=1S/C20H23N3O2/c1-4-14-9-10-15(25-14)11-12-18(24)23-19(13(2)3)20-21-16-7-5-6-8-17(16)22-20/h5-13,19H,4H2,1-3H3,(H,21,22)(H,23,24). The summed E-state index contributed by atoms with van der Waals surface area (Å²) in [6.45, 7) is 6.14. The molecular formula is C20H23N3O2. The first kappa shape index (κ1) is 17.0. The van der Waals surface area contributed by atoms with Crippen LogP contribution in [0, 0.1) is 5.92 Å². The third kappa shape index (κ3) is 3.99. The highest BCUT2D eigenvalue weighted by molar-refractivity contribution is 5.91. The van der Waals surface area contributed by atoms with Crippen molar-refractivity contribution in [2.24, 2.45) is 5.92 Å². The van der Waals surface area contributed by atoms with Gasteiger partial charge in [0.1, 0.15) is 17.3 Å². The molecule has 0 aliphatic heterocycles. The number of nitrogens with one attached hydrogen (secondary N) is 2. The number of nitrogens with zero attached hydrogens (tertiary/aromatic N) is 1. The van der Waals surface area contributed by atoms with Gasteiger partial charge in [0, 0.05) is 12.5 Å². The highest BCUT2D eigenvalue weighted by Gasteiger charge is 2.20. The summed E-state index contributed by atoms with van der Waals surface area (Å²) in [5.41, 5.74) is 1.87. The molecule has 0 saturated heterocycles. The van der Waals surface area contributed by atoms with Crippen LogP contribution in [0.4, 0.5) is 0 Å². The fourth-order valence-electron chi connectivity index (χ4n) is 2.70. The van der Waals surface area contributed by atoms with Gasteiger partial charge < -0.3 is 14.7 Å². The predicted molar refractivity (Wildman–Crippen MR) is 98.9 cm³/mol. The molecule has 0 aliphatic rings. The third-order valence-electron chi connectivity index (χ3n) is 4.10. The summed E-state index contributed by atoms with van der Waals surface area (Å²) in [6, 6.07) is 11.4. The normalized spacial score (nSPS) is 13.0. The lowest BCUT2D eigenvalue weighted by Gasteiger charge is -2.19. The largest absolute Gasteiger partial charge is 0.462 e. The van der Waals surface area contributed by atoms with Crippen molar-refractivity contribution in [2.75, 3.05) is 0 Å². The van der Waals surface area contributed by atoms with Crippen LogP contribution < -0.4 is 5.32 Å². The van der Waals surface area contributed by atoms with E-state index in [1.165, 1.54) is 6.08 Å². The van der Waals surface area contributed by atoms with Gasteiger partial charge in [-0.05, 0) is 36.3 Å². The first-order valence-corrected chi connectivity index (χ1v) is 8.58. The minimum Gasteiger partial charge on any atom is -0.462 e. The number of furan rings is 1. The highest BCUT2D eigenvalue weighted by Crippen LogP contribution is 2.22. The minimum atomic E-state index is -0.188. The number of benzene rings is 1. The van der Waals surface area contributed by atoms with E-state index in [1.807, 2.05) is 43.3 Å². The zero-order valence-corrected chi connectivity index (χ0v) is 14.7. The van der Waals surface area contributed by atoms with Crippen molar-refractivity contribution in [1.82, 2.24) is 15.3 Å². The van der Waals surface area contributed by atoms with Crippen molar-refractivity contribution >= 4 is 23.0 Å². The second-order valence-electron chi connectivity index (χ2n) is 6.36. The Bertz CT molecular complexity index is 856. The Morgan fingerprint density at radius 1 is 1.28 bits per heavy atom. The number of hydrogen-bond donors (Lipinski definition) is 2. The minimum absolute atomic E-state index is 0.173. The molecule has 0 radical (unpaired) electrons. The fraction of sp³-hybridized carbons (Fsp3) is 0.300. The molecule has 2 aromatic heterocycles. The summed E-state index contributed by atoms with van der Waals surface area (Å²) < 4.78 is 5.57. The summed E-state index contributed by atoms with van der Waals surface area (Å²) in [4.78, 5) is 20.2. The Morgan fingerprint density at radius 2 is 2.08 bits per heavy atom. The van der Waals surface area contributed by atoms with Gasteiger partial charge in [-0.15, -0.1) is 0 Å². The van der Waals surface area contributed by atoms with Crippen molar-refractivity contribution in [3.63, 3.8) is 0 Å². The van der Waals surface area contributed by atoms with Crippen LogP contribution in [0.25, 0.3) is 17.1 Å². The topological polar surface area (TPSA) is 70.9 Å². The van der Waals surface area contributed by atoms with Crippen molar-refractivity contribution in [2.45, 2.75) is 33.2 Å². The molecular weight excluding hydrogens is 314 g/mol. The molecule has 3 aromatic rings. The number of aryl methyl sites for hydroxylation is 1. The molecule has 5 heteroatoms. The molecule has 0 bridgehead atoms. The molecule has 1 amide bonds. The summed E-state index contributed by atoms with van der Waals surface area (Å²) in [5.74, 6) is 2.38. The van der Waals surface area contributed by atoms with Crippen LogP contribution in [0.15, 0.2) is 46.9 Å². The number of carbonyl (C=O) groups is 1. The van der Waals surface area contributed by atoms with Crippen LogP contribution in [-0.2, 0) is 11.2 Å². The number of imidazole rings is 1. The molecule has 2 heterocycles. The summed E-state index contributed by atoms with van der Waals surface area (Å²) in [5, 5.41) is 3.02. The van der Waals surface area contributed by atoms with E-state index in [1.54, 1.807) is 6.08 Å². The van der Waals surface area contributed by atoms with E-state index in [-0.39, 0.29) is 17.9 Å². The van der Waals surface area contributed by atoms with Gasteiger partial charge in [-0.3, -0.25) is 4.79 Å². The Labute approximate surface area is 147 Å². The Morgan fingerprint density at radius 3 is 2.76 bits per heavy atom. The third-order valence-corrected chi connectivity index (χ3v) is 4.10. The SMILES string of the molecule is CCc1ccc(C=CC(=O)NC(c2nc3ccccc3[nH]2)C(C)C)o1. The molecule has 0 spiro atoms. The molecule has 2 N–H and O–H groups in total. The van der Waals surface area contributed by atoms with Crippen LogP contribution in [0.2, 0.25) is 0 Å². The maximum Gasteiger partial charge on any atom is 0.244 e. The number of fused-ring (bicyclic) bond motifs is 1. The number of hydrogen-bond acceptors (Lipinski definition) is 3. The molecule has 1 aromatic carbocycles. The second-order valence-corrected chi connectivity index (χ2v) is 6.36. The van der Waals surface area contributed by atoms with Gasteiger partial charge in [0.2, 0.25) is 5.91 Å². The zero-order valence-electron chi connectivity index (χ0n) is 14.7. The summed E-state index contributed by atoms with van der Waals surface area (Å²) >= 11 is 0. The molecule has 0 fully saturated rings. The van der Waals surface area contributed by atoms with Crippen LogP contribution >= 0.6 is 0 Å². The van der Waals surface area contributed by atoms with Gasteiger partial charge in [-0.25, -0.2) is 4.98 Å². The molecule has 5 nitrogen and oxygen atoms in total. The Kier molecular flexibility index (Phi) is 5.03. The number of amides is 1. The van der Waals surface area contributed by atoms with E-state index in [0.717, 1.165) is 29.0 Å². The summed E-state index contributed by atoms with van der Waals surface area (Å²) in [7, 11) is 0. The quantitative estimate of drug-likeness (QED) is 0.661. The van der Waals surface area contributed by atoms with Gasteiger partial charge in [0.15, 0.2) is 0 Å². The Hall–Kier alpha value is -2.82. The van der Waals surface area contributed by atoms with Crippen molar-refractivity contribution < 1.29 is 9.21 Å². The lowest BCUT2D eigenvalue weighted by Crippen LogP contribution is -2.31. The van der Waals surface area contributed by atoms with E-state index >= 15 is 0 Å². The number of aromatic nitrogens is 2. The number of rotatable bonds is 6. The number of aromatic amines is 1. The van der Waals surface area contributed by atoms with Gasteiger partial charge >= 0.3 is 0 Å². The predicted octanol–water partition coefficient (Wildman–Crippen LogP) is 4.25. The van der Waals surface area contributed by atoms with Crippen LogP contribution in [0.5, 0.6) is 0 Å². The monoisotopic (exact) mass is 337 g/mol. The fourth-order valence-corrected chi connectivity index (χ4v) is 2.70. The van der Waals surface area contributed by atoms with E-state index in [9.17, 15) is 4.79 Å². The van der Waals surface area contributed by atoms with Gasteiger partial charge in [0.25, 0.3) is 0 Å². The van der Waals surface area contributed by atoms with Crippen LogP contribution in [-0.4, -0.2) is 15.9 Å². The van der Waals surface area contributed by atoms with Crippen molar-refractivity contribution in [3.05, 3.63) is 59.8 Å². The molecule has 3 rings (SSSR count). The van der Waals surface area contributed by atoms with Crippen LogP contribution in [0.1, 0.15) is 44.2 Å². The van der Waals surface area contributed by atoms with E-state index in [0.29, 0.717) is 5.76 Å². The maximum absolute atomic E-state index is 12.3. The van der Waals surface area contributed by atoms with Crippen LogP contribution in [0.3, 0.4) is 0 Å². The second kappa shape index (κ2) is 7.38. The van der Waals surface area contributed by atoms with E-state index in [4.69, 9.17) is 4.42 Å². The smallest absolute Gasteiger partial charge is 0.244 e. The van der Waals surface area contributed by atoms with Crippen molar-refractivity contribution in [3.8, 4) is 0 Å². The average Bonchev–Trinajstić information content (AvgIpc) is 3.23. The first-order chi connectivity index (χ1) is 12.1. The van der Waals surface area contributed by atoms with E-state index in [2.05, 4.69) is 29.1 Å². The lowest BCUT2D eigenvalue weighted by atomic mass is 10.0. The maximum atomic E-state index is 12.3. The van der Waals surface area contributed by atoms with Gasteiger partial charge in [-0.1, -0.05) is 32.9 Å². The first-order valence-electron chi connectivity index (χ1n) is 8.58. The lowest BCUT2D eigenvalue weighted by molar-refractivity contribution is -0.117. The number of H-pyrrole nitrogens is 1. The zero-order chi connectivity index (χ0) is 17.8. The molecule has 130 valence electrons. The molecule has 0 saturated carbocycles. The van der Waals surface area contributed by atoms with E-state index < -0.39 is 0 Å². The van der Waals surface area contributed by atoms with Gasteiger partial charge in [-0.2, -0.15) is 0 Å². The molecule has 1 atom stereocenters. The Balaban J connectivity index is 1.73. The summed E-state index contributed by atoms with van der Waals surface area (Å²) in [6.07, 6.45) is 4.02.